The molecule has 1 N–H and O–H groups in total. The fourth-order valence-corrected chi connectivity index (χ4v) is 2.56. The molecule has 3 heteroatoms. The van der Waals surface area contributed by atoms with E-state index in [1.165, 1.54) is 11.3 Å². The van der Waals surface area contributed by atoms with E-state index in [0.717, 1.165) is 38.2 Å². The predicted molar refractivity (Wildman–Crippen MR) is 78.3 cm³/mol. The number of rotatable bonds is 4. The summed E-state index contributed by atoms with van der Waals surface area (Å²) >= 11 is 4.27. The van der Waals surface area contributed by atoms with E-state index >= 15 is 0 Å². The maximum absolute atomic E-state index is 4.27. The second-order valence-electron chi connectivity index (χ2n) is 4.74. The van der Waals surface area contributed by atoms with Crippen LogP contribution in [0.2, 0.25) is 0 Å². The van der Waals surface area contributed by atoms with Gasteiger partial charge in [-0.3, -0.25) is 0 Å². The van der Waals surface area contributed by atoms with Crippen LogP contribution in [0, 0.1) is 0 Å². The van der Waals surface area contributed by atoms with Crippen LogP contribution >= 0.6 is 12.6 Å². The fraction of sp³-hybridized carbons (Fsp3) is 0.571. The summed E-state index contributed by atoms with van der Waals surface area (Å²) in [6.45, 7) is 5.57. The van der Waals surface area contributed by atoms with Crippen LogP contribution in [0.25, 0.3) is 0 Å². The van der Waals surface area contributed by atoms with Gasteiger partial charge >= 0.3 is 0 Å². The minimum absolute atomic E-state index is 0.587. The topological polar surface area (TPSA) is 15.3 Å². The molecule has 0 aromatic heterocycles. The molecule has 1 fully saturated rings. The normalized spacial score (nSPS) is 20.6. The first-order valence-corrected chi connectivity index (χ1v) is 7.11. The van der Waals surface area contributed by atoms with E-state index in [-0.39, 0.29) is 0 Å². The van der Waals surface area contributed by atoms with Crippen LogP contribution in [0.4, 0.5) is 5.69 Å². The second kappa shape index (κ2) is 6.31. The largest absolute Gasteiger partial charge is 0.366 e. The van der Waals surface area contributed by atoms with Gasteiger partial charge in [-0.1, -0.05) is 12.1 Å². The predicted octanol–water partition coefficient (Wildman–Crippen LogP) is 2.35. The van der Waals surface area contributed by atoms with Crippen molar-refractivity contribution in [3.05, 3.63) is 29.8 Å². The Morgan fingerprint density at radius 3 is 3.12 bits per heavy atom. The molecule has 0 bridgehead atoms. The number of benzene rings is 1. The van der Waals surface area contributed by atoms with Crippen molar-refractivity contribution in [2.75, 3.05) is 30.3 Å². The summed E-state index contributed by atoms with van der Waals surface area (Å²) in [6, 6.07) is 9.55. The van der Waals surface area contributed by atoms with E-state index < -0.39 is 0 Å². The third-order valence-corrected chi connectivity index (χ3v) is 3.68. The summed E-state index contributed by atoms with van der Waals surface area (Å²) in [5.41, 5.74) is 2.80. The monoisotopic (exact) mass is 250 g/mol. The summed E-state index contributed by atoms with van der Waals surface area (Å²) in [5, 5.41) is 3.43. The Balaban J connectivity index is 2.08. The number of nitrogens with zero attached hydrogens (tertiary/aromatic N) is 1. The number of thiol groups is 1. The number of piperazine rings is 1. The van der Waals surface area contributed by atoms with E-state index in [0.29, 0.717) is 6.04 Å². The van der Waals surface area contributed by atoms with Crippen LogP contribution in [-0.4, -0.2) is 31.4 Å². The van der Waals surface area contributed by atoms with E-state index in [4.69, 9.17) is 0 Å². The Bertz CT molecular complexity index is 354. The van der Waals surface area contributed by atoms with Gasteiger partial charge in [-0.25, -0.2) is 0 Å². The Morgan fingerprint density at radius 1 is 1.47 bits per heavy atom. The van der Waals surface area contributed by atoms with Crippen molar-refractivity contribution in [2.24, 2.45) is 0 Å². The van der Waals surface area contributed by atoms with Gasteiger partial charge in [-0.05, 0) is 43.2 Å². The Hall–Kier alpha value is -0.670. The molecule has 2 nitrogen and oxygen atoms in total. The molecule has 1 aliphatic heterocycles. The first-order chi connectivity index (χ1) is 8.31. The van der Waals surface area contributed by atoms with Crippen LogP contribution in [0.3, 0.4) is 0 Å². The molecule has 1 aliphatic rings. The van der Waals surface area contributed by atoms with Crippen molar-refractivity contribution in [1.82, 2.24) is 5.32 Å². The number of hydrogen-bond acceptors (Lipinski definition) is 3. The molecule has 17 heavy (non-hydrogen) atoms. The third-order valence-electron chi connectivity index (χ3n) is 3.37. The molecule has 0 amide bonds. The maximum atomic E-state index is 4.27. The van der Waals surface area contributed by atoms with Gasteiger partial charge in [0.2, 0.25) is 0 Å². The maximum Gasteiger partial charge on any atom is 0.0386 e. The summed E-state index contributed by atoms with van der Waals surface area (Å²) in [5.74, 6) is 0.967. The van der Waals surface area contributed by atoms with Gasteiger partial charge in [-0.2, -0.15) is 12.6 Å². The fourth-order valence-electron chi connectivity index (χ4n) is 2.40. The second-order valence-corrected chi connectivity index (χ2v) is 5.19. The molecule has 1 atom stereocenters. The summed E-state index contributed by atoms with van der Waals surface area (Å²) in [4.78, 5) is 2.50. The molecular weight excluding hydrogens is 228 g/mol. The van der Waals surface area contributed by atoms with Crippen molar-refractivity contribution in [1.29, 1.82) is 0 Å². The smallest absolute Gasteiger partial charge is 0.0386 e. The van der Waals surface area contributed by atoms with Gasteiger partial charge in [-0.15, -0.1) is 0 Å². The van der Waals surface area contributed by atoms with Crippen LogP contribution in [0.15, 0.2) is 24.3 Å². The van der Waals surface area contributed by atoms with E-state index in [1.807, 2.05) is 0 Å². The van der Waals surface area contributed by atoms with Crippen LogP contribution in [0.1, 0.15) is 18.9 Å². The first kappa shape index (κ1) is 12.8. The molecule has 0 radical (unpaired) electrons. The lowest BCUT2D eigenvalue weighted by molar-refractivity contribution is 0.501. The Kier molecular flexibility index (Phi) is 4.75. The standard InChI is InChI=1S/C14H22N2S/c1-12-11-15-7-8-16(12)14-6-2-4-13(10-14)5-3-9-17/h2,4,6,10,12,15,17H,3,5,7-9,11H2,1H3/t12-/m1/s1. The summed E-state index contributed by atoms with van der Waals surface area (Å²) in [6.07, 6.45) is 2.29. The lowest BCUT2D eigenvalue weighted by Crippen LogP contribution is -2.49. The molecule has 1 heterocycles. The molecule has 1 saturated heterocycles. The van der Waals surface area contributed by atoms with Crippen LogP contribution in [0.5, 0.6) is 0 Å². The van der Waals surface area contributed by atoms with Gasteiger partial charge in [0.05, 0.1) is 0 Å². The number of aryl methyl sites for hydroxylation is 1. The molecule has 0 unspecified atom stereocenters. The van der Waals surface area contributed by atoms with Gasteiger partial charge < -0.3 is 10.2 Å². The average molecular weight is 250 g/mol. The lowest BCUT2D eigenvalue weighted by atomic mass is 10.1. The van der Waals surface area contributed by atoms with Crippen molar-refractivity contribution < 1.29 is 0 Å². The van der Waals surface area contributed by atoms with Gasteiger partial charge in [0.25, 0.3) is 0 Å². The average Bonchev–Trinajstić information content (AvgIpc) is 2.37. The zero-order chi connectivity index (χ0) is 12.1. The van der Waals surface area contributed by atoms with Crippen molar-refractivity contribution >= 4 is 18.3 Å². The van der Waals surface area contributed by atoms with Crippen LogP contribution < -0.4 is 10.2 Å². The minimum Gasteiger partial charge on any atom is -0.366 e. The number of nitrogens with one attached hydrogen (secondary N) is 1. The SMILES string of the molecule is C[C@@H]1CNCCN1c1cccc(CCCS)c1. The zero-order valence-corrected chi connectivity index (χ0v) is 11.4. The van der Waals surface area contributed by atoms with Crippen molar-refractivity contribution in [2.45, 2.75) is 25.8 Å². The zero-order valence-electron chi connectivity index (χ0n) is 10.5. The highest BCUT2D eigenvalue weighted by Gasteiger charge is 2.17. The lowest BCUT2D eigenvalue weighted by Gasteiger charge is -2.36. The molecule has 0 saturated carbocycles. The molecule has 94 valence electrons. The molecule has 1 aromatic rings. The van der Waals surface area contributed by atoms with Gasteiger partial charge in [0.1, 0.15) is 0 Å². The molecule has 1 aromatic carbocycles. The van der Waals surface area contributed by atoms with Gasteiger partial charge in [0, 0.05) is 31.4 Å². The quantitative estimate of drug-likeness (QED) is 0.798. The first-order valence-electron chi connectivity index (χ1n) is 6.48. The molecule has 2 rings (SSSR count). The van der Waals surface area contributed by atoms with Crippen molar-refractivity contribution in [3.63, 3.8) is 0 Å². The van der Waals surface area contributed by atoms with Crippen molar-refractivity contribution in [3.8, 4) is 0 Å². The summed E-state index contributed by atoms with van der Waals surface area (Å²) < 4.78 is 0. The molecule has 0 aliphatic carbocycles. The highest BCUT2D eigenvalue weighted by molar-refractivity contribution is 7.80. The van der Waals surface area contributed by atoms with Gasteiger partial charge in [0.15, 0.2) is 0 Å². The van der Waals surface area contributed by atoms with E-state index in [1.54, 1.807) is 0 Å². The Labute approximate surface area is 110 Å². The number of anilines is 1. The third kappa shape index (κ3) is 3.39. The Morgan fingerprint density at radius 2 is 2.35 bits per heavy atom. The van der Waals surface area contributed by atoms with Crippen LogP contribution in [-0.2, 0) is 6.42 Å². The number of hydrogen-bond donors (Lipinski definition) is 2. The highest BCUT2D eigenvalue weighted by atomic mass is 32.1. The molecular formula is C14H22N2S. The van der Waals surface area contributed by atoms with E-state index in [9.17, 15) is 0 Å². The summed E-state index contributed by atoms with van der Waals surface area (Å²) in [7, 11) is 0. The highest BCUT2D eigenvalue weighted by Crippen LogP contribution is 2.20. The van der Waals surface area contributed by atoms with E-state index in [2.05, 4.69) is 54.0 Å². The molecule has 0 spiro atoms. The minimum atomic E-state index is 0.587.